The SMILES string of the molecule is CN(C)c1cccc(C(=O)NCC2CC(=O)N(C3CC3)C2)c1. The topological polar surface area (TPSA) is 52.7 Å². The van der Waals surface area contributed by atoms with E-state index in [1.807, 2.05) is 48.2 Å². The van der Waals surface area contributed by atoms with Crippen LogP contribution in [0.1, 0.15) is 29.6 Å². The molecule has 22 heavy (non-hydrogen) atoms. The lowest BCUT2D eigenvalue weighted by molar-refractivity contribution is -0.128. The van der Waals surface area contributed by atoms with Crippen LogP contribution in [0.5, 0.6) is 0 Å². The quantitative estimate of drug-likeness (QED) is 0.896. The van der Waals surface area contributed by atoms with Gasteiger partial charge in [-0.05, 0) is 31.0 Å². The number of nitrogens with one attached hydrogen (secondary N) is 1. The molecule has 0 aromatic heterocycles. The smallest absolute Gasteiger partial charge is 0.251 e. The Bertz CT molecular complexity index is 581. The number of rotatable bonds is 5. The van der Waals surface area contributed by atoms with Crippen LogP contribution in [0.3, 0.4) is 0 Å². The fourth-order valence-electron chi connectivity index (χ4n) is 2.95. The third-order valence-corrected chi connectivity index (χ3v) is 4.40. The molecule has 118 valence electrons. The molecule has 0 spiro atoms. The summed E-state index contributed by atoms with van der Waals surface area (Å²) >= 11 is 0. The lowest BCUT2D eigenvalue weighted by atomic mass is 10.1. The standard InChI is InChI=1S/C17H23N3O2/c1-19(2)15-5-3-4-13(9-15)17(22)18-10-12-8-16(21)20(11-12)14-6-7-14/h3-5,9,12,14H,6-8,10-11H2,1-2H3,(H,18,22). The number of carbonyl (C=O) groups is 2. The number of nitrogens with zero attached hydrogens (tertiary/aromatic N) is 2. The zero-order valence-corrected chi connectivity index (χ0v) is 13.2. The molecule has 1 atom stereocenters. The van der Waals surface area contributed by atoms with Gasteiger partial charge in [-0.2, -0.15) is 0 Å². The number of hydrogen-bond acceptors (Lipinski definition) is 3. The summed E-state index contributed by atoms with van der Waals surface area (Å²) in [6, 6.07) is 8.03. The lowest BCUT2D eigenvalue weighted by Gasteiger charge is -2.16. The normalized spacial score (nSPS) is 21.1. The average Bonchev–Trinajstić information content (AvgIpc) is 3.28. The molecular formula is C17H23N3O2. The van der Waals surface area contributed by atoms with Gasteiger partial charge in [-0.25, -0.2) is 0 Å². The third-order valence-electron chi connectivity index (χ3n) is 4.40. The molecule has 1 aromatic carbocycles. The summed E-state index contributed by atoms with van der Waals surface area (Å²) in [4.78, 5) is 28.1. The monoisotopic (exact) mass is 301 g/mol. The van der Waals surface area contributed by atoms with Crippen LogP contribution in [-0.2, 0) is 4.79 Å². The van der Waals surface area contributed by atoms with Crippen LogP contribution in [-0.4, -0.2) is 49.9 Å². The lowest BCUT2D eigenvalue weighted by Crippen LogP contribution is -2.32. The van der Waals surface area contributed by atoms with Gasteiger partial charge in [0.25, 0.3) is 5.91 Å². The maximum absolute atomic E-state index is 12.3. The van der Waals surface area contributed by atoms with Crippen molar-refractivity contribution in [3.63, 3.8) is 0 Å². The van der Waals surface area contributed by atoms with Crippen molar-refractivity contribution in [2.24, 2.45) is 5.92 Å². The van der Waals surface area contributed by atoms with Crippen molar-refractivity contribution in [1.82, 2.24) is 10.2 Å². The van der Waals surface area contributed by atoms with E-state index in [-0.39, 0.29) is 17.7 Å². The van der Waals surface area contributed by atoms with Gasteiger partial charge in [-0.15, -0.1) is 0 Å². The highest BCUT2D eigenvalue weighted by molar-refractivity contribution is 5.95. The van der Waals surface area contributed by atoms with E-state index < -0.39 is 0 Å². The summed E-state index contributed by atoms with van der Waals surface area (Å²) in [6.07, 6.45) is 2.85. The van der Waals surface area contributed by atoms with E-state index in [4.69, 9.17) is 0 Å². The summed E-state index contributed by atoms with van der Waals surface area (Å²) in [6.45, 7) is 1.36. The van der Waals surface area contributed by atoms with Gasteiger partial charge in [0.1, 0.15) is 0 Å². The molecule has 5 heteroatoms. The number of benzene rings is 1. The molecule has 2 amide bonds. The second-order valence-corrected chi connectivity index (χ2v) is 6.50. The van der Waals surface area contributed by atoms with Crippen molar-refractivity contribution in [2.75, 3.05) is 32.1 Å². The van der Waals surface area contributed by atoms with E-state index in [0.717, 1.165) is 25.1 Å². The second kappa shape index (κ2) is 5.99. The Hall–Kier alpha value is -2.04. The molecule has 3 rings (SSSR count). The fourth-order valence-corrected chi connectivity index (χ4v) is 2.95. The van der Waals surface area contributed by atoms with E-state index in [0.29, 0.717) is 24.6 Å². The van der Waals surface area contributed by atoms with Gasteiger partial charge in [-0.1, -0.05) is 6.07 Å². The first-order chi connectivity index (χ1) is 10.5. The number of likely N-dealkylation sites (tertiary alicyclic amines) is 1. The zero-order chi connectivity index (χ0) is 15.7. The van der Waals surface area contributed by atoms with E-state index in [1.54, 1.807) is 0 Å². The Morgan fingerprint density at radius 1 is 1.36 bits per heavy atom. The van der Waals surface area contributed by atoms with Crippen molar-refractivity contribution < 1.29 is 9.59 Å². The van der Waals surface area contributed by atoms with Crippen LogP contribution in [0.25, 0.3) is 0 Å². The molecule has 2 aliphatic rings. The van der Waals surface area contributed by atoms with Crippen LogP contribution in [0, 0.1) is 5.92 Å². The molecule has 1 N–H and O–H groups in total. The van der Waals surface area contributed by atoms with Crippen molar-refractivity contribution in [3.8, 4) is 0 Å². The van der Waals surface area contributed by atoms with E-state index in [1.165, 1.54) is 0 Å². The van der Waals surface area contributed by atoms with Crippen LogP contribution < -0.4 is 10.2 Å². The highest BCUT2D eigenvalue weighted by Gasteiger charge is 2.39. The Morgan fingerprint density at radius 3 is 2.82 bits per heavy atom. The van der Waals surface area contributed by atoms with Crippen molar-refractivity contribution >= 4 is 17.5 Å². The largest absolute Gasteiger partial charge is 0.378 e. The van der Waals surface area contributed by atoms with E-state index in [9.17, 15) is 9.59 Å². The maximum Gasteiger partial charge on any atom is 0.251 e. The summed E-state index contributed by atoms with van der Waals surface area (Å²) in [7, 11) is 3.90. The summed E-state index contributed by atoms with van der Waals surface area (Å²) in [5.41, 5.74) is 1.66. The van der Waals surface area contributed by atoms with Gasteiger partial charge in [0.2, 0.25) is 5.91 Å². The fraction of sp³-hybridized carbons (Fsp3) is 0.529. The van der Waals surface area contributed by atoms with Gasteiger partial charge in [-0.3, -0.25) is 9.59 Å². The van der Waals surface area contributed by atoms with Crippen LogP contribution in [0.4, 0.5) is 5.69 Å². The number of anilines is 1. The predicted molar refractivity (Wildman–Crippen MR) is 85.9 cm³/mol. The first-order valence-electron chi connectivity index (χ1n) is 7.89. The van der Waals surface area contributed by atoms with Gasteiger partial charge in [0, 0.05) is 56.8 Å². The maximum atomic E-state index is 12.3. The number of amides is 2. The second-order valence-electron chi connectivity index (χ2n) is 6.50. The van der Waals surface area contributed by atoms with Crippen LogP contribution in [0.15, 0.2) is 24.3 Å². The molecule has 0 radical (unpaired) electrons. The minimum atomic E-state index is -0.0685. The molecule has 2 fully saturated rings. The molecule has 1 heterocycles. The minimum absolute atomic E-state index is 0.0685. The van der Waals surface area contributed by atoms with Crippen LogP contribution >= 0.6 is 0 Å². The first kappa shape index (κ1) is 14.9. The summed E-state index contributed by atoms with van der Waals surface area (Å²) < 4.78 is 0. The highest BCUT2D eigenvalue weighted by atomic mass is 16.2. The molecule has 5 nitrogen and oxygen atoms in total. The Morgan fingerprint density at radius 2 is 2.14 bits per heavy atom. The van der Waals surface area contributed by atoms with Gasteiger partial charge >= 0.3 is 0 Å². The van der Waals surface area contributed by atoms with Gasteiger partial charge in [0.05, 0.1) is 0 Å². The summed E-state index contributed by atoms with van der Waals surface area (Å²) in [5.74, 6) is 0.423. The molecule has 1 saturated carbocycles. The first-order valence-corrected chi connectivity index (χ1v) is 7.89. The van der Waals surface area contributed by atoms with Crippen molar-refractivity contribution in [3.05, 3.63) is 29.8 Å². The van der Waals surface area contributed by atoms with Crippen LogP contribution in [0.2, 0.25) is 0 Å². The number of hydrogen-bond donors (Lipinski definition) is 1. The van der Waals surface area contributed by atoms with Crippen molar-refractivity contribution in [1.29, 1.82) is 0 Å². The van der Waals surface area contributed by atoms with Gasteiger partial charge in [0.15, 0.2) is 0 Å². The van der Waals surface area contributed by atoms with Crippen molar-refractivity contribution in [2.45, 2.75) is 25.3 Å². The molecule has 1 aliphatic heterocycles. The molecule has 1 unspecified atom stereocenters. The molecule has 1 saturated heterocycles. The Kier molecular flexibility index (Phi) is 4.05. The van der Waals surface area contributed by atoms with Gasteiger partial charge < -0.3 is 15.1 Å². The molecule has 0 bridgehead atoms. The Balaban J connectivity index is 1.54. The number of carbonyl (C=O) groups excluding carboxylic acids is 2. The molecule has 1 aromatic rings. The zero-order valence-electron chi connectivity index (χ0n) is 13.2. The van der Waals surface area contributed by atoms with E-state index >= 15 is 0 Å². The van der Waals surface area contributed by atoms with E-state index in [2.05, 4.69) is 5.32 Å². The minimum Gasteiger partial charge on any atom is -0.378 e. The third kappa shape index (κ3) is 3.24. The predicted octanol–water partition coefficient (Wildman–Crippen LogP) is 1.49. The summed E-state index contributed by atoms with van der Waals surface area (Å²) in [5, 5.41) is 2.97. The molecular weight excluding hydrogens is 278 g/mol. The molecule has 1 aliphatic carbocycles. The highest BCUT2D eigenvalue weighted by Crippen LogP contribution is 2.32. The average molecular weight is 301 g/mol. The Labute approximate surface area is 131 Å².